The van der Waals surface area contributed by atoms with Crippen molar-refractivity contribution in [3.8, 4) is 0 Å². The molecule has 3 heterocycles. The number of carbonyl (C=O) groups excluding carboxylic acids is 2. The Labute approximate surface area is 191 Å². The highest BCUT2D eigenvalue weighted by Gasteiger charge is 2.28. The molecule has 1 saturated heterocycles. The highest BCUT2D eigenvalue weighted by atomic mass is 32.1. The van der Waals surface area contributed by atoms with E-state index in [0.29, 0.717) is 30.3 Å². The number of hydrogen-bond acceptors (Lipinski definition) is 5. The van der Waals surface area contributed by atoms with Gasteiger partial charge in [0.05, 0.1) is 23.3 Å². The Hall–Kier alpha value is -2.71. The molecule has 2 fully saturated rings. The van der Waals surface area contributed by atoms with Gasteiger partial charge in [0, 0.05) is 37.1 Å². The fourth-order valence-electron chi connectivity index (χ4n) is 4.55. The summed E-state index contributed by atoms with van der Waals surface area (Å²) in [5, 5.41) is 5.05. The molecule has 2 aromatic heterocycles. The van der Waals surface area contributed by atoms with Crippen molar-refractivity contribution < 1.29 is 14.3 Å². The number of carbonyl (C=O) groups is 2. The average Bonchev–Trinajstić information content (AvgIpc) is 3.49. The lowest BCUT2D eigenvalue weighted by Gasteiger charge is -2.24. The third-order valence-electron chi connectivity index (χ3n) is 6.52. The molecule has 32 heavy (non-hydrogen) atoms. The lowest BCUT2D eigenvalue weighted by atomic mass is 9.85. The van der Waals surface area contributed by atoms with Gasteiger partial charge in [-0.2, -0.15) is 0 Å². The number of amides is 2. The second-order valence-electron chi connectivity index (χ2n) is 8.78. The number of benzene rings is 1. The molecule has 0 bridgehead atoms. The van der Waals surface area contributed by atoms with Crippen LogP contribution in [0.15, 0.2) is 29.6 Å². The van der Waals surface area contributed by atoms with Crippen molar-refractivity contribution in [1.82, 2.24) is 14.5 Å². The summed E-state index contributed by atoms with van der Waals surface area (Å²) in [4.78, 5) is 33.8. The number of hydrogen-bond donors (Lipinski definition) is 1. The minimum Gasteiger partial charge on any atom is -0.368 e. The summed E-state index contributed by atoms with van der Waals surface area (Å²) in [7, 11) is 3.80. The highest BCUT2D eigenvalue weighted by molar-refractivity contribution is 7.09. The molecule has 2 aliphatic rings. The number of anilines is 1. The predicted molar refractivity (Wildman–Crippen MR) is 125 cm³/mol. The van der Waals surface area contributed by atoms with Crippen LogP contribution in [0.5, 0.6) is 0 Å². The smallest absolute Gasteiger partial charge is 0.254 e. The number of ether oxygens (including phenoxy) is 1. The van der Waals surface area contributed by atoms with E-state index >= 15 is 0 Å². The predicted octanol–water partition coefficient (Wildman–Crippen LogP) is 4.29. The Morgan fingerprint density at radius 3 is 2.78 bits per heavy atom. The standard InChI is InChI=1S/C24H28N4O3S/c1-27(14-17-8-5-11-32-17)24(30)16-12-18-21(28(2)22(25-18)15-6-3-7-15)19(13-16)26-23(29)20-9-4-10-31-20/h5,8,11-13,15,20H,3-4,6-7,9-10,14H2,1-2H3,(H,26,29)/t20-/m1/s1. The molecule has 1 atom stereocenters. The Bertz CT molecular complexity index is 1140. The fraction of sp³-hybridized carbons (Fsp3) is 0.458. The van der Waals surface area contributed by atoms with Crippen LogP contribution < -0.4 is 5.32 Å². The summed E-state index contributed by atoms with van der Waals surface area (Å²) in [6, 6.07) is 7.65. The number of imidazole rings is 1. The highest BCUT2D eigenvalue weighted by Crippen LogP contribution is 2.38. The van der Waals surface area contributed by atoms with Crippen LogP contribution >= 0.6 is 11.3 Å². The van der Waals surface area contributed by atoms with Crippen LogP contribution in [-0.4, -0.2) is 46.0 Å². The molecule has 1 aliphatic carbocycles. The van der Waals surface area contributed by atoms with Gasteiger partial charge in [0.15, 0.2) is 0 Å². The monoisotopic (exact) mass is 452 g/mol. The first-order chi connectivity index (χ1) is 15.5. The molecule has 1 saturated carbocycles. The second kappa shape index (κ2) is 8.67. The summed E-state index contributed by atoms with van der Waals surface area (Å²) in [5.74, 6) is 1.21. The average molecular weight is 453 g/mol. The van der Waals surface area contributed by atoms with Crippen LogP contribution in [-0.2, 0) is 23.1 Å². The molecule has 3 aromatic rings. The second-order valence-corrected chi connectivity index (χ2v) is 9.81. The van der Waals surface area contributed by atoms with E-state index in [2.05, 4.69) is 9.88 Å². The van der Waals surface area contributed by atoms with Gasteiger partial charge in [-0.05, 0) is 49.3 Å². The molecular weight excluding hydrogens is 424 g/mol. The van der Waals surface area contributed by atoms with Crippen LogP contribution in [0.3, 0.4) is 0 Å². The normalized spacial score (nSPS) is 18.6. The molecule has 0 spiro atoms. The Balaban J connectivity index is 1.51. The van der Waals surface area contributed by atoms with Crippen LogP contribution in [0.25, 0.3) is 11.0 Å². The van der Waals surface area contributed by atoms with Crippen molar-refractivity contribution in [2.75, 3.05) is 19.0 Å². The van der Waals surface area contributed by atoms with Gasteiger partial charge in [0.2, 0.25) is 0 Å². The van der Waals surface area contributed by atoms with Crippen molar-refractivity contribution >= 4 is 39.9 Å². The number of fused-ring (bicyclic) bond motifs is 1. The molecule has 1 aromatic carbocycles. The van der Waals surface area contributed by atoms with E-state index in [1.807, 2.05) is 30.6 Å². The number of aryl methyl sites for hydroxylation is 1. The number of nitrogens with one attached hydrogen (secondary N) is 1. The van der Waals surface area contributed by atoms with E-state index in [1.165, 1.54) is 6.42 Å². The van der Waals surface area contributed by atoms with E-state index in [4.69, 9.17) is 9.72 Å². The third-order valence-corrected chi connectivity index (χ3v) is 7.38. The largest absolute Gasteiger partial charge is 0.368 e. The van der Waals surface area contributed by atoms with Crippen LogP contribution in [0, 0.1) is 0 Å². The first-order valence-corrected chi connectivity index (χ1v) is 12.1. The molecule has 168 valence electrons. The fourth-order valence-corrected chi connectivity index (χ4v) is 5.30. The Morgan fingerprint density at radius 2 is 2.12 bits per heavy atom. The van der Waals surface area contributed by atoms with Gasteiger partial charge in [-0.15, -0.1) is 11.3 Å². The Kier molecular flexibility index (Phi) is 5.73. The van der Waals surface area contributed by atoms with E-state index < -0.39 is 6.10 Å². The summed E-state index contributed by atoms with van der Waals surface area (Å²) in [5.41, 5.74) is 2.75. The molecule has 0 unspecified atom stereocenters. The molecule has 2 amide bonds. The molecule has 1 N–H and O–H groups in total. The zero-order valence-corrected chi connectivity index (χ0v) is 19.3. The summed E-state index contributed by atoms with van der Waals surface area (Å²) < 4.78 is 7.64. The van der Waals surface area contributed by atoms with Gasteiger partial charge in [-0.25, -0.2) is 4.98 Å². The number of nitrogens with zero attached hydrogens (tertiary/aromatic N) is 3. The van der Waals surface area contributed by atoms with E-state index in [-0.39, 0.29) is 11.8 Å². The maximum atomic E-state index is 13.3. The molecule has 7 nitrogen and oxygen atoms in total. The van der Waals surface area contributed by atoms with E-state index in [9.17, 15) is 9.59 Å². The molecule has 1 aliphatic heterocycles. The van der Waals surface area contributed by atoms with Gasteiger partial charge in [-0.1, -0.05) is 12.5 Å². The lowest BCUT2D eigenvalue weighted by molar-refractivity contribution is -0.124. The molecule has 0 radical (unpaired) electrons. The van der Waals surface area contributed by atoms with Gasteiger partial charge >= 0.3 is 0 Å². The van der Waals surface area contributed by atoms with Crippen molar-refractivity contribution in [1.29, 1.82) is 0 Å². The SMILES string of the molecule is CN(Cc1cccs1)C(=O)c1cc(NC(=O)[C@H]2CCCO2)c2c(c1)nc(C1CCC1)n2C. The quantitative estimate of drug-likeness (QED) is 0.605. The third kappa shape index (κ3) is 3.93. The zero-order valence-electron chi connectivity index (χ0n) is 18.5. The Morgan fingerprint density at radius 1 is 1.28 bits per heavy atom. The maximum absolute atomic E-state index is 13.3. The van der Waals surface area contributed by atoms with Crippen LogP contribution in [0.4, 0.5) is 5.69 Å². The van der Waals surface area contributed by atoms with Crippen molar-refractivity contribution in [2.45, 2.75) is 50.7 Å². The first kappa shape index (κ1) is 21.2. The number of aromatic nitrogens is 2. The first-order valence-electron chi connectivity index (χ1n) is 11.2. The van der Waals surface area contributed by atoms with Gasteiger partial charge in [-0.3, -0.25) is 9.59 Å². The minimum absolute atomic E-state index is 0.0937. The van der Waals surface area contributed by atoms with E-state index in [0.717, 1.165) is 47.4 Å². The van der Waals surface area contributed by atoms with E-state index in [1.54, 1.807) is 29.4 Å². The number of thiophene rings is 1. The summed E-state index contributed by atoms with van der Waals surface area (Å²) in [6.45, 7) is 1.15. The van der Waals surface area contributed by atoms with Crippen molar-refractivity contribution in [3.05, 3.63) is 45.9 Å². The minimum atomic E-state index is -0.440. The maximum Gasteiger partial charge on any atom is 0.254 e. The van der Waals surface area contributed by atoms with Gasteiger partial charge < -0.3 is 19.5 Å². The summed E-state index contributed by atoms with van der Waals surface area (Å²) in [6.07, 6.45) is 4.64. The van der Waals surface area contributed by atoms with Gasteiger partial charge in [0.1, 0.15) is 11.9 Å². The summed E-state index contributed by atoms with van der Waals surface area (Å²) >= 11 is 1.63. The van der Waals surface area contributed by atoms with Crippen LogP contribution in [0.2, 0.25) is 0 Å². The molecule has 5 rings (SSSR count). The number of rotatable bonds is 6. The lowest BCUT2D eigenvalue weighted by Crippen LogP contribution is -2.28. The molecule has 8 heteroatoms. The van der Waals surface area contributed by atoms with Crippen molar-refractivity contribution in [2.24, 2.45) is 7.05 Å². The molecular formula is C24H28N4O3S. The van der Waals surface area contributed by atoms with Crippen molar-refractivity contribution in [3.63, 3.8) is 0 Å². The zero-order chi connectivity index (χ0) is 22.2. The van der Waals surface area contributed by atoms with Gasteiger partial charge in [0.25, 0.3) is 11.8 Å². The van der Waals surface area contributed by atoms with Crippen LogP contribution in [0.1, 0.15) is 59.1 Å². The topological polar surface area (TPSA) is 76.5 Å².